The van der Waals surface area contributed by atoms with Gasteiger partial charge in [0.1, 0.15) is 0 Å². The minimum Gasteiger partial charge on any atom is -0.481 e. The van der Waals surface area contributed by atoms with Crippen LogP contribution in [0.1, 0.15) is 17.5 Å². The fourth-order valence-corrected chi connectivity index (χ4v) is 1.99. The van der Waals surface area contributed by atoms with Crippen molar-refractivity contribution in [1.29, 1.82) is 0 Å². The lowest BCUT2D eigenvalue weighted by molar-refractivity contribution is -0.136. The van der Waals surface area contributed by atoms with Crippen molar-refractivity contribution in [3.05, 3.63) is 35.4 Å². The molecule has 1 unspecified atom stereocenters. The first kappa shape index (κ1) is 13.1. The highest BCUT2D eigenvalue weighted by Gasteiger charge is 2.15. The summed E-state index contributed by atoms with van der Waals surface area (Å²) in [7, 11) is 0. The minimum absolute atomic E-state index is 0.0700. The third-order valence-electron chi connectivity index (χ3n) is 3.02. The largest absolute Gasteiger partial charge is 0.481 e. The van der Waals surface area contributed by atoms with Crippen LogP contribution in [0.4, 0.5) is 0 Å². The first-order chi connectivity index (χ1) is 8.74. The number of hydrogen-bond donors (Lipinski definition) is 1. The zero-order valence-electron chi connectivity index (χ0n) is 10.3. The monoisotopic (exact) mass is 250 g/mol. The lowest BCUT2D eigenvalue weighted by atomic mass is 10.1. The highest BCUT2D eigenvalue weighted by Crippen LogP contribution is 2.13. The number of hydrogen-bond acceptors (Lipinski definition) is 3. The van der Waals surface area contributed by atoms with Gasteiger partial charge >= 0.3 is 5.97 Å². The Hall–Kier alpha value is -1.39. The van der Waals surface area contributed by atoms with Gasteiger partial charge in [0.2, 0.25) is 0 Å². The maximum Gasteiger partial charge on any atom is 0.307 e. The van der Waals surface area contributed by atoms with Gasteiger partial charge in [0, 0.05) is 12.5 Å². The summed E-state index contributed by atoms with van der Waals surface area (Å²) in [6.07, 6.45) is 1.15. The topological polar surface area (TPSA) is 55.8 Å². The quantitative estimate of drug-likeness (QED) is 0.837. The van der Waals surface area contributed by atoms with Gasteiger partial charge in [-0.3, -0.25) is 4.79 Å². The first-order valence-electron chi connectivity index (χ1n) is 6.19. The summed E-state index contributed by atoms with van der Waals surface area (Å²) in [4.78, 5) is 10.5. The molecule has 1 heterocycles. The molecule has 0 radical (unpaired) electrons. The molecular weight excluding hydrogens is 232 g/mol. The van der Waals surface area contributed by atoms with Gasteiger partial charge in [0.15, 0.2) is 0 Å². The van der Waals surface area contributed by atoms with E-state index in [2.05, 4.69) is 0 Å². The summed E-state index contributed by atoms with van der Waals surface area (Å²) in [5.41, 5.74) is 1.89. The molecule has 1 saturated heterocycles. The van der Waals surface area contributed by atoms with Gasteiger partial charge in [-0.2, -0.15) is 0 Å². The van der Waals surface area contributed by atoms with E-state index in [0.717, 1.165) is 37.4 Å². The normalized spacial score (nSPS) is 19.0. The first-order valence-corrected chi connectivity index (χ1v) is 6.19. The molecule has 1 aromatic carbocycles. The number of aliphatic carboxylic acids is 1. The lowest BCUT2D eigenvalue weighted by Gasteiger charge is -2.09. The Balaban J connectivity index is 1.73. The second-order valence-corrected chi connectivity index (χ2v) is 4.63. The zero-order chi connectivity index (χ0) is 12.8. The molecular formula is C14H18O4. The van der Waals surface area contributed by atoms with Crippen molar-refractivity contribution in [2.75, 3.05) is 19.8 Å². The molecule has 18 heavy (non-hydrogen) atoms. The van der Waals surface area contributed by atoms with E-state index in [-0.39, 0.29) is 6.42 Å². The van der Waals surface area contributed by atoms with Crippen molar-refractivity contribution in [2.45, 2.75) is 19.4 Å². The van der Waals surface area contributed by atoms with Crippen LogP contribution in [-0.4, -0.2) is 30.9 Å². The number of benzene rings is 1. The molecule has 1 aliphatic heterocycles. The molecule has 0 saturated carbocycles. The summed E-state index contributed by atoms with van der Waals surface area (Å²) in [6, 6.07) is 7.52. The van der Waals surface area contributed by atoms with E-state index in [1.807, 2.05) is 24.3 Å². The molecule has 0 spiro atoms. The molecule has 0 aliphatic carbocycles. The van der Waals surface area contributed by atoms with Crippen LogP contribution in [-0.2, 0) is 27.3 Å². The van der Waals surface area contributed by atoms with E-state index < -0.39 is 5.97 Å². The maximum absolute atomic E-state index is 10.5. The van der Waals surface area contributed by atoms with Crippen molar-refractivity contribution in [1.82, 2.24) is 0 Å². The summed E-state index contributed by atoms with van der Waals surface area (Å²) < 4.78 is 10.9. The van der Waals surface area contributed by atoms with Gasteiger partial charge in [-0.1, -0.05) is 24.3 Å². The smallest absolute Gasteiger partial charge is 0.307 e. The third-order valence-corrected chi connectivity index (χ3v) is 3.02. The van der Waals surface area contributed by atoms with E-state index in [0.29, 0.717) is 12.5 Å². The Morgan fingerprint density at radius 3 is 2.67 bits per heavy atom. The molecule has 4 nitrogen and oxygen atoms in total. The van der Waals surface area contributed by atoms with Crippen molar-refractivity contribution in [3.8, 4) is 0 Å². The summed E-state index contributed by atoms with van der Waals surface area (Å²) in [5.74, 6) is -0.281. The second-order valence-electron chi connectivity index (χ2n) is 4.63. The molecule has 4 heteroatoms. The Morgan fingerprint density at radius 2 is 2.06 bits per heavy atom. The van der Waals surface area contributed by atoms with Crippen LogP contribution < -0.4 is 0 Å². The molecule has 1 aromatic rings. The molecule has 1 atom stereocenters. The Bertz CT molecular complexity index is 379. The van der Waals surface area contributed by atoms with E-state index in [9.17, 15) is 4.79 Å². The standard InChI is InChI=1S/C14H18O4/c15-14(16)7-11-1-3-12(4-2-11)8-18-10-13-5-6-17-9-13/h1-4,13H,5-10H2,(H,15,16). The molecule has 1 fully saturated rings. The van der Waals surface area contributed by atoms with Gasteiger partial charge < -0.3 is 14.6 Å². The molecule has 2 rings (SSSR count). The van der Waals surface area contributed by atoms with Crippen LogP contribution >= 0.6 is 0 Å². The summed E-state index contributed by atoms with van der Waals surface area (Å²) in [6.45, 7) is 2.95. The van der Waals surface area contributed by atoms with Crippen LogP contribution in [0.25, 0.3) is 0 Å². The van der Waals surface area contributed by atoms with E-state index in [1.165, 1.54) is 0 Å². The molecule has 98 valence electrons. The number of carbonyl (C=O) groups is 1. The van der Waals surface area contributed by atoms with Crippen LogP contribution in [0.5, 0.6) is 0 Å². The summed E-state index contributed by atoms with van der Waals surface area (Å²) in [5, 5.41) is 8.66. The number of carboxylic acids is 1. The van der Waals surface area contributed by atoms with Gasteiger partial charge in [-0.15, -0.1) is 0 Å². The van der Waals surface area contributed by atoms with Gasteiger partial charge in [-0.25, -0.2) is 0 Å². The van der Waals surface area contributed by atoms with Crippen molar-refractivity contribution in [3.63, 3.8) is 0 Å². The van der Waals surface area contributed by atoms with Crippen LogP contribution in [0.2, 0.25) is 0 Å². The van der Waals surface area contributed by atoms with Crippen LogP contribution in [0, 0.1) is 5.92 Å². The number of ether oxygens (including phenoxy) is 2. The maximum atomic E-state index is 10.5. The predicted octanol–water partition coefficient (Wildman–Crippen LogP) is 1.87. The third kappa shape index (κ3) is 4.13. The van der Waals surface area contributed by atoms with Gasteiger partial charge in [0.25, 0.3) is 0 Å². The molecule has 1 aliphatic rings. The Labute approximate surface area is 107 Å². The van der Waals surface area contributed by atoms with E-state index in [4.69, 9.17) is 14.6 Å². The van der Waals surface area contributed by atoms with Crippen molar-refractivity contribution < 1.29 is 19.4 Å². The number of carboxylic acid groups (broad SMARTS) is 1. The molecule has 1 N–H and O–H groups in total. The molecule has 0 bridgehead atoms. The SMILES string of the molecule is O=C(O)Cc1ccc(COCC2CCOC2)cc1. The van der Waals surface area contributed by atoms with E-state index in [1.54, 1.807) is 0 Å². The zero-order valence-corrected chi connectivity index (χ0v) is 10.3. The Morgan fingerprint density at radius 1 is 1.33 bits per heavy atom. The number of rotatable bonds is 6. The van der Waals surface area contributed by atoms with Crippen LogP contribution in [0.3, 0.4) is 0 Å². The average molecular weight is 250 g/mol. The fourth-order valence-electron chi connectivity index (χ4n) is 1.99. The van der Waals surface area contributed by atoms with Crippen molar-refractivity contribution in [2.24, 2.45) is 5.92 Å². The Kier molecular flexibility index (Phi) is 4.73. The van der Waals surface area contributed by atoms with Crippen LogP contribution in [0.15, 0.2) is 24.3 Å². The van der Waals surface area contributed by atoms with Gasteiger partial charge in [-0.05, 0) is 17.5 Å². The average Bonchev–Trinajstić information content (AvgIpc) is 2.84. The molecule has 0 amide bonds. The second kappa shape index (κ2) is 6.52. The highest BCUT2D eigenvalue weighted by atomic mass is 16.5. The fraction of sp³-hybridized carbons (Fsp3) is 0.500. The molecule has 0 aromatic heterocycles. The summed E-state index contributed by atoms with van der Waals surface area (Å²) >= 11 is 0. The minimum atomic E-state index is -0.805. The van der Waals surface area contributed by atoms with Crippen molar-refractivity contribution >= 4 is 5.97 Å². The van der Waals surface area contributed by atoms with E-state index >= 15 is 0 Å². The lowest BCUT2D eigenvalue weighted by Crippen LogP contribution is -2.09. The predicted molar refractivity (Wildman–Crippen MR) is 66.4 cm³/mol. The van der Waals surface area contributed by atoms with Gasteiger partial charge in [0.05, 0.1) is 26.2 Å². The highest BCUT2D eigenvalue weighted by molar-refractivity contribution is 5.70.